The third kappa shape index (κ3) is 7.28. The summed E-state index contributed by atoms with van der Waals surface area (Å²) in [5, 5.41) is 5.76. The van der Waals surface area contributed by atoms with Gasteiger partial charge in [0, 0.05) is 6.54 Å². The first kappa shape index (κ1) is 11.2. The molecule has 0 unspecified atom stereocenters. The van der Waals surface area contributed by atoms with E-state index in [-0.39, 0.29) is 5.91 Å². The Kier molecular flexibility index (Phi) is 7.70. The molecular weight excluding hydrogens is 152 g/mol. The maximum absolute atomic E-state index is 10.9. The minimum Gasteiger partial charge on any atom is -0.355 e. The number of hydrogen-bond donors (Lipinski definition) is 2. The van der Waals surface area contributed by atoms with Crippen molar-refractivity contribution in [2.45, 2.75) is 20.3 Å². The second kappa shape index (κ2) is 8.27. The van der Waals surface area contributed by atoms with Gasteiger partial charge >= 0.3 is 0 Å². The van der Waals surface area contributed by atoms with Crippen molar-refractivity contribution >= 4 is 5.91 Å². The van der Waals surface area contributed by atoms with Crippen LogP contribution in [0, 0.1) is 0 Å². The Bertz CT molecular complexity index is 143. The minimum atomic E-state index is 0.0676. The summed E-state index contributed by atoms with van der Waals surface area (Å²) in [7, 11) is 0. The molecule has 0 aromatic heterocycles. The van der Waals surface area contributed by atoms with E-state index in [4.69, 9.17) is 0 Å². The van der Waals surface area contributed by atoms with Crippen LogP contribution in [-0.2, 0) is 4.79 Å². The van der Waals surface area contributed by atoms with Crippen molar-refractivity contribution in [1.29, 1.82) is 0 Å². The van der Waals surface area contributed by atoms with E-state index in [0.717, 1.165) is 13.0 Å². The van der Waals surface area contributed by atoms with Crippen LogP contribution in [0.1, 0.15) is 20.3 Å². The van der Waals surface area contributed by atoms with Gasteiger partial charge in [0.05, 0.1) is 6.54 Å². The highest BCUT2D eigenvalue weighted by molar-refractivity contribution is 5.77. The normalized spacial score (nSPS) is 10.5. The van der Waals surface area contributed by atoms with Gasteiger partial charge in [-0.2, -0.15) is 0 Å². The number of likely N-dealkylation sites (N-methyl/N-ethyl adjacent to an activating group) is 1. The predicted molar refractivity (Wildman–Crippen MR) is 51.0 cm³/mol. The Labute approximate surface area is 74.2 Å². The molecule has 0 aliphatic rings. The average molecular weight is 170 g/mol. The quantitative estimate of drug-likeness (QED) is 0.454. The highest BCUT2D eigenvalue weighted by Gasteiger charge is 1.95. The zero-order valence-electron chi connectivity index (χ0n) is 7.89. The largest absolute Gasteiger partial charge is 0.355 e. The molecule has 0 saturated carbocycles. The summed E-state index contributed by atoms with van der Waals surface area (Å²) in [6.45, 7) is 5.89. The van der Waals surface area contributed by atoms with Crippen molar-refractivity contribution in [3.63, 3.8) is 0 Å². The highest BCUT2D eigenvalue weighted by Crippen LogP contribution is 1.78. The molecule has 3 heteroatoms. The van der Waals surface area contributed by atoms with Crippen LogP contribution in [-0.4, -0.2) is 25.5 Å². The highest BCUT2D eigenvalue weighted by atomic mass is 16.1. The van der Waals surface area contributed by atoms with Crippen LogP contribution in [0.15, 0.2) is 12.2 Å². The van der Waals surface area contributed by atoms with E-state index in [2.05, 4.69) is 16.7 Å². The van der Waals surface area contributed by atoms with E-state index in [1.165, 1.54) is 0 Å². The number of nitrogens with one attached hydrogen (secondary N) is 2. The van der Waals surface area contributed by atoms with Gasteiger partial charge in [-0.1, -0.05) is 12.2 Å². The summed E-state index contributed by atoms with van der Waals surface area (Å²) < 4.78 is 0. The Morgan fingerprint density at radius 3 is 2.83 bits per heavy atom. The summed E-state index contributed by atoms with van der Waals surface area (Å²) in [6, 6.07) is 0. The van der Waals surface area contributed by atoms with Gasteiger partial charge in [0.2, 0.25) is 5.91 Å². The van der Waals surface area contributed by atoms with Gasteiger partial charge in [0.15, 0.2) is 0 Å². The van der Waals surface area contributed by atoms with Gasteiger partial charge < -0.3 is 10.6 Å². The van der Waals surface area contributed by atoms with Crippen molar-refractivity contribution in [3.05, 3.63) is 12.2 Å². The van der Waals surface area contributed by atoms with Gasteiger partial charge in [0.25, 0.3) is 0 Å². The second-order valence-corrected chi connectivity index (χ2v) is 2.49. The summed E-state index contributed by atoms with van der Waals surface area (Å²) in [4.78, 5) is 10.9. The zero-order valence-corrected chi connectivity index (χ0v) is 7.89. The maximum atomic E-state index is 10.9. The van der Waals surface area contributed by atoms with Crippen molar-refractivity contribution in [2.24, 2.45) is 0 Å². The molecule has 70 valence electrons. The lowest BCUT2D eigenvalue weighted by Crippen LogP contribution is -2.33. The topological polar surface area (TPSA) is 41.1 Å². The summed E-state index contributed by atoms with van der Waals surface area (Å²) in [5.74, 6) is 0.0676. The molecule has 2 N–H and O–H groups in total. The minimum absolute atomic E-state index is 0.0676. The van der Waals surface area contributed by atoms with Crippen LogP contribution in [0.2, 0.25) is 0 Å². The van der Waals surface area contributed by atoms with Gasteiger partial charge in [-0.15, -0.1) is 0 Å². The van der Waals surface area contributed by atoms with Crippen LogP contribution in [0.25, 0.3) is 0 Å². The van der Waals surface area contributed by atoms with Gasteiger partial charge in [0.1, 0.15) is 0 Å². The number of rotatable bonds is 6. The first-order valence-corrected chi connectivity index (χ1v) is 4.39. The van der Waals surface area contributed by atoms with E-state index < -0.39 is 0 Å². The van der Waals surface area contributed by atoms with E-state index in [0.29, 0.717) is 13.1 Å². The van der Waals surface area contributed by atoms with Crippen LogP contribution < -0.4 is 10.6 Å². The standard InChI is InChI=1S/C9H18N2O/c1-3-5-6-7-10-8-9(12)11-4-2/h3,5,10H,4,6-8H2,1-2H3,(H,11,12)/b5-3+. The fourth-order valence-corrected chi connectivity index (χ4v) is 0.814. The second-order valence-electron chi connectivity index (χ2n) is 2.49. The maximum Gasteiger partial charge on any atom is 0.233 e. The first-order valence-electron chi connectivity index (χ1n) is 4.39. The van der Waals surface area contributed by atoms with E-state index in [9.17, 15) is 4.79 Å². The molecule has 0 aliphatic carbocycles. The lowest BCUT2D eigenvalue weighted by atomic mass is 10.4. The Hall–Kier alpha value is -0.830. The van der Waals surface area contributed by atoms with Crippen LogP contribution in [0.3, 0.4) is 0 Å². The monoisotopic (exact) mass is 170 g/mol. The molecule has 0 aromatic carbocycles. The molecule has 0 radical (unpaired) electrons. The number of carbonyl (C=O) groups excluding carboxylic acids is 1. The predicted octanol–water partition coefficient (Wildman–Crippen LogP) is 0.678. The Balaban J connectivity index is 3.13. The third-order valence-electron chi connectivity index (χ3n) is 1.38. The molecule has 0 aliphatic heterocycles. The fraction of sp³-hybridized carbons (Fsp3) is 0.667. The Morgan fingerprint density at radius 1 is 1.50 bits per heavy atom. The number of amides is 1. The van der Waals surface area contributed by atoms with E-state index >= 15 is 0 Å². The summed E-state index contributed by atoms with van der Waals surface area (Å²) in [5.41, 5.74) is 0. The van der Waals surface area contributed by atoms with Gasteiger partial charge in [-0.25, -0.2) is 0 Å². The number of hydrogen-bond acceptors (Lipinski definition) is 2. The van der Waals surface area contributed by atoms with Crippen molar-refractivity contribution in [3.8, 4) is 0 Å². The lowest BCUT2D eigenvalue weighted by molar-refractivity contribution is -0.120. The molecule has 0 atom stereocenters. The molecule has 0 heterocycles. The van der Waals surface area contributed by atoms with Crippen molar-refractivity contribution in [1.82, 2.24) is 10.6 Å². The summed E-state index contributed by atoms with van der Waals surface area (Å²) >= 11 is 0. The van der Waals surface area contributed by atoms with Crippen LogP contribution >= 0.6 is 0 Å². The van der Waals surface area contributed by atoms with Crippen molar-refractivity contribution in [2.75, 3.05) is 19.6 Å². The Morgan fingerprint density at radius 2 is 2.25 bits per heavy atom. The van der Waals surface area contributed by atoms with Gasteiger partial charge in [-0.3, -0.25) is 4.79 Å². The fourth-order valence-electron chi connectivity index (χ4n) is 0.814. The van der Waals surface area contributed by atoms with Crippen LogP contribution in [0.4, 0.5) is 0 Å². The summed E-state index contributed by atoms with van der Waals surface area (Å²) in [6.07, 6.45) is 5.06. The molecule has 0 bridgehead atoms. The van der Waals surface area contributed by atoms with Gasteiger partial charge in [-0.05, 0) is 26.8 Å². The van der Waals surface area contributed by atoms with Crippen molar-refractivity contribution < 1.29 is 4.79 Å². The smallest absolute Gasteiger partial charge is 0.233 e. The molecule has 0 aromatic rings. The molecular formula is C9H18N2O. The third-order valence-corrected chi connectivity index (χ3v) is 1.38. The molecule has 12 heavy (non-hydrogen) atoms. The molecule has 0 saturated heterocycles. The zero-order chi connectivity index (χ0) is 9.23. The molecule has 0 rings (SSSR count). The molecule has 3 nitrogen and oxygen atoms in total. The average Bonchev–Trinajstić information content (AvgIpc) is 2.05. The SMILES string of the molecule is C/C=C/CCNCC(=O)NCC. The first-order chi connectivity index (χ1) is 5.81. The number of allylic oxidation sites excluding steroid dienone is 1. The van der Waals surface area contributed by atoms with Crippen LogP contribution in [0.5, 0.6) is 0 Å². The van der Waals surface area contributed by atoms with E-state index in [1.54, 1.807) is 0 Å². The van der Waals surface area contributed by atoms with E-state index in [1.807, 2.05) is 19.9 Å². The lowest BCUT2D eigenvalue weighted by Gasteiger charge is -2.02. The molecule has 1 amide bonds. The number of carbonyl (C=O) groups is 1. The molecule has 0 fully saturated rings. The molecule has 0 spiro atoms.